The van der Waals surface area contributed by atoms with E-state index in [1.54, 1.807) is 24.7 Å². The molecule has 1 aromatic carbocycles. The van der Waals surface area contributed by atoms with Gasteiger partial charge in [-0.2, -0.15) is 0 Å². The first kappa shape index (κ1) is 17.4. The zero-order valence-corrected chi connectivity index (χ0v) is 15.4. The molecule has 0 aliphatic heterocycles. The summed E-state index contributed by atoms with van der Waals surface area (Å²) < 4.78 is 10.7. The average molecular weight is 379 g/mol. The van der Waals surface area contributed by atoms with Crippen LogP contribution in [0.15, 0.2) is 74.9 Å². The second-order valence-electron chi connectivity index (χ2n) is 5.94. The minimum atomic E-state index is -0.186. The lowest BCUT2D eigenvalue weighted by Gasteiger charge is -2.11. The Morgan fingerprint density at radius 1 is 1.07 bits per heavy atom. The van der Waals surface area contributed by atoms with E-state index in [0.717, 1.165) is 21.7 Å². The van der Waals surface area contributed by atoms with Crippen LogP contribution in [-0.4, -0.2) is 21.6 Å². The number of thioether (sulfide) groups is 1. The number of para-hydroxylation sites is 1. The molecule has 4 rings (SSSR count). The van der Waals surface area contributed by atoms with Crippen molar-refractivity contribution in [2.75, 3.05) is 5.75 Å². The normalized spacial score (nSPS) is 12.2. The maximum absolute atomic E-state index is 12.3. The summed E-state index contributed by atoms with van der Waals surface area (Å²) in [5, 5.41) is 4.58. The standard InChI is InChI=1S/C20H17N3O3S/c1-13(16-8-4-10-25-16)21-18(24)12-27-20-14-6-2-3-7-15(14)22-19(23-20)17-9-5-11-26-17/h2-11,13H,12H2,1H3,(H,21,24). The van der Waals surface area contributed by atoms with Crippen molar-refractivity contribution < 1.29 is 13.6 Å². The Hall–Kier alpha value is -3.06. The number of rotatable bonds is 6. The van der Waals surface area contributed by atoms with E-state index in [9.17, 15) is 4.79 Å². The molecule has 0 radical (unpaired) electrons. The molecule has 1 atom stereocenters. The second kappa shape index (κ2) is 7.67. The van der Waals surface area contributed by atoms with Gasteiger partial charge in [-0.15, -0.1) is 0 Å². The number of nitrogens with zero attached hydrogens (tertiary/aromatic N) is 2. The topological polar surface area (TPSA) is 81.2 Å². The second-order valence-corrected chi connectivity index (χ2v) is 6.90. The number of fused-ring (bicyclic) bond motifs is 1. The number of benzene rings is 1. The van der Waals surface area contributed by atoms with Gasteiger partial charge in [-0.05, 0) is 37.3 Å². The molecule has 136 valence electrons. The molecule has 0 aliphatic carbocycles. The van der Waals surface area contributed by atoms with Crippen LogP contribution in [0.3, 0.4) is 0 Å². The van der Waals surface area contributed by atoms with Gasteiger partial charge in [0.15, 0.2) is 11.6 Å². The van der Waals surface area contributed by atoms with E-state index < -0.39 is 0 Å². The van der Waals surface area contributed by atoms with Crippen molar-refractivity contribution in [2.45, 2.75) is 18.0 Å². The molecular weight excluding hydrogens is 362 g/mol. The first-order valence-corrected chi connectivity index (χ1v) is 9.45. The molecule has 1 unspecified atom stereocenters. The Balaban J connectivity index is 1.53. The molecule has 0 aliphatic rings. The number of amides is 1. The van der Waals surface area contributed by atoms with Gasteiger partial charge in [-0.25, -0.2) is 9.97 Å². The molecule has 0 saturated carbocycles. The summed E-state index contributed by atoms with van der Waals surface area (Å²) in [6, 6.07) is 14.8. The molecule has 3 heterocycles. The molecule has 1 N–H and O–H groups in total. The van der Waals surface area contributed by atoms with Gasteiger partial charge in [0, 0.05) is 5.39 Å². The maximum Gasteiger partial charge on any atom is 0.230 e. The Kier molecular flexibility index (Phi) is 4.93. The van der Waals surface area contributed by atoms with Crippen LogP contribution in [0, 0.1) is 0 Å². The first-order chi connectivity index (χ1) is 13.2. The highest BCUT2D eigenvalue weighted by Crippen LogP contribution is 2.28. The van der Waals surface area contributed by atoms with E-state index in [1.165, 1.54) is 11.8 Å². The van der Waals surface area contributed by atoms with Crippen molar-refractivity contribution in [3.8, 4) is 11.6 Å². The van der Waals surface area contributed by atoms with Gasteiger partial charge in [0.25, 0.3) is 0 Å². The van der Waals surface area contributed by atoms with Crippen LogP contribution in [-0.2, 0) is 4.79 Å². The summed E-state index contributed by atoms with van der Waals surface area (Å²) in [6.07, 6.45) is 3.18. The number of hydrogen-bond acceptors (Lipinski definition) is 6. The van der Waals surface area contributed by atoms with Gasteiger partial charge < -0.3 is 14.2 Å². The van der Waals surface area contributed by atoms with Gasteiger partial charge in [-0.3, -0.25) is 4.79 Å². The van der Waals surface area contributed by atoms with E-state index in [-0.39, 0.29) is 17.7 Å². The highest BCUT2D eigenvalue weighted by molar-refractivity contribution is 8.00. The number of carbonyl (C=O) groups excluding carboxylic acids is 1. The largest absolute Gasteiger partial charge is 0.467 e. The third-order valence-electron chi connectivity index (χ3n) is 4.00. The molecule has 27 heavy (non-hydrogen) atoms. The molecule has 0 spiro atoms. The van der Waals surface area contributed by atoms with Crippen molar-refractivity contribution in [3.05, 3.63) is 66.8 Å². The fourth-order valence-electron chi connectivity index (χ4n) is 2.70. The zero-order valence-electron chi connectivity index (χ0n) is 14.6. The van der Waals surface area contributed by atoms with Gasteiger partial charge in [0.05, 0.1) is 29.8 Å². The van der Waals surface area contributed by atoms with Crippen molar-refractivity contribution in [2.24, 2.45) is 0 Å². The van der Waals surface area contributed by atoms with Gasteiger partial charge >= 0.3 is 0 Å². The van der Waals surface area contributed by atoms with E-state index in [1.807, 2.05) is 43.3 Å². The summed E-state index contributed by atoms with van der Waals surface area (Å²) in [6.45, 7) is 1.89. The molecule has 0 saturated heterocycles. The minimum Gasteiger partial charge on any atom is -0.467 e. The van der Waals surface area contributed by atoms with Crippen LogP contribution in [0.25, 0.3) is 22.5 Å². The van der Waals surface area contributed by atoms with E-state index >= 15 is 0 Å². The Morgan fingerprint density at radius 2 is 1.89 bits per heavy atom. The summed E-state index contributed by atoms with van der Waals surface area (Å²) in [5.41, 5.74) is 0.811. The fourth-order valence-corrected chi connectivity index (χ4v) is 3.53. The predicted octanol–water partition coefficient (Wildman–Crippen LogP) is 4.45. The lowest BCUT2D eigenvalue weighted by molar-refractivity contribution is -0.119. The summed E-state index contributed by atoms with van der Waals surface area (Å²) in [5.74, 6) is 1.97. The maximum atomic E-state index is 12.3. The summed E-state index contributed by atoms with van der Waals surface area (Å²) in [4.78, 5) is 21.5. The Labute approximate surface area is 160 Å². The lowest BCUT2D eigenvalue weighted by atomic mass is 10.2. The molecular formula is C20H17N3O3S. The van der Waals surface area contributed by atoms with E-state index in [0.29, 0.717) is 11.6 Å². The van der Waals surface area contributed by atoms with Crippen LogP contribution in [0.1, 0.15) is 18.7 Å². The van der Waals surface area contributed by atoms with E-state index in [4.69, 9.17) is 8.83 Å². The van der Waals surface area contributed by atoms with Gasteiger partial charge in [0.2, 0.25) is 5.91 Å². The third kappa shape index (κ3) is 3.88. The van der Waals surface area contributed by atoms with Crippen molar-refractivity contribution in [1.82, 2.24) is 15.3 Å². The third-order valence-corrected chi connectivity index (χ3v) is 4.99. The van der Waals surface area contributed by atoms with Gasteiger partial charge in [-0.1, -0.05) is 30.0 Å². The fraction of sp³-hybridized carbons (Fsp3) is 0.150. The minimum absolute atomic E-state index is 0.0915. The van der Waals surface area contributed by atoms with Crippen molar-refractivity contribution in [1.29, 1.82) is 0 Å². The van der Waals surface area contributed by atoms with E-state index in [2.05, 4.69) is 15.3 Å². The Morgan fingerprint density at radius 3 is 2.67 bits per heavy atom. The van der Waals surface area contributed by atoms with Crippen molar-refractivity contribution >= 4 is 28.6 Å². The SMILES string of the molecule is CC(NC(=O)CSc1nc(-c2ccco2)nc2ccccc12)c1ccco1. The lowest BCUT2D eigenvalue weighted by Crippen LogP contribution is -2.27. The number of hydrogen-bond donors (Lipinski definition) is 1. The molecule has 3 aromatic heterocycles. The average Bonchev–Trinajstić information content (AvgIpc) is 3.39. The number of nitrogens with one attached hydrogen (secondary N) is 1. The van der Waals surface area contributed by atoms with Crippen LogP contribution in [0.4, 0.5) is 0 Å². The molecule has 0 bridgehead atoms. The van der Waals surface area contributed by atoms with Crippen LogP contribution in [0.2, 0.25) is 0 Å². The number of carbonyl (C=O) groups is 1. The van der Waals surface area contributed by atoms with Crippen molar-refractivity contribution in [3.63, 3.8) is 0 Å². The molecule has 0 fully saturated rings. The summed E-state index contributed by atoms with van der Waals surface area (Å²) in [7, 11) is 0. The molecule has 4 aromatic rings. The number of furan rings is 2. The van der Waals surface area contributed by atoms with Crippen LogP contribution >= 0.6 is 11.8 Å². The molecule has 7 heteroatoms. The van der Waals surface area contributed by atoms with Gasteiger partial charge in [0.1, 0.15) is 10.8 Å². The predicted molar refractivity (Wildman–Crippen MR) is 103 cm³/mol. The molecule has 6 nitrogen and oxygen atoms in total. The summed E-state index contributed by atoms with van der Waals surface area (Å²) >= 11 is 1.37. The van der Waals surface area contributed by atoms with Crippen LogP contribution in [0.5, 0.6) is 0 Å². The highest BCUT2D eigenvalue weighted by Gasteiger charge is 2.15. The smallest absolute Gasteiger partial charge is 0.230 e. The molecule has 1 amide bonds. The first-order valence-electron chi connectivity index (χ1n) is 8.47. The monoisotopic (exact) mass is 379 g/mol. The Bertz CT molecular complexity index is 1050. The van der Waals surface area contributed by atoms with Crippen LogP contribution < -0.4 is 5.32 Å². The zero-order chi connectivity index (χ0) is 18.6. The highest BCUT2D eigenvalue weighted by atomic mass is 32.2. The quantitative estimate of drug-likeness (QED) is 0.394. The number of aromatic nitrogens is 2.